The maximum absolute atomic E-state index is 11.2. The van der Waals surface area contributed by atoms with E-state index in [1.165, 1.54) is 12.1 Å². The Morgan fingerprint density at radius 2 is 1.67 bits per heavy atom. The number of aromatic nitrogens is 2. The number of H-pyrrole nitrogens is 2. The highest BCUT2D eigenvalue weighted by molar-refractivity contribution is 6.42. The van der Waals surface area contributed by atoms with E-state index >= 15 is 0 Å². The van der Waals surface area contributed by atoms with Crippen molar-refractivity contribution >= 4 is 34.2 Å². The van der Waals surface area contributed by atoms with Gasteiger partial charge in [0, 0.05) is 0 Å². The van der Waals surface area contributed by atoms with Crippen molar-refractivity contribution < 1.29 is 5.21 Å². The van der Waals surface area contributed by atoms with Gasteiger partial charge in [-0.2, -0.15) is 0 Å². The Labute approximate surface area is 93.0 Å². The van der Waals surface area contributed by atoms with Gasteiger partial charge in [0.05, 0.1) is 21.1 Å². The molecule has 0 radical (unpaired) electrons. The quantitative estimate of drug-likeness (QED) is 0.485. The number of hydrogen-bond donors (Lipinski definition) is 3. The molecule has 2 aromatic rings. The molecule has 7 heteroatoms. The molecule has 1 aromatic carbocycles. The first kappa shape index (κ1) is 10.1. The van der Waals surface area contributed by atoms with Crippen molar-refractivity contribution in [2.45, 2.75) is 0 Å². The number of fused-ring (bicyclic) bond motifs is 1. The second kappa shape index (κ2) is 3.60. The maximum atomic E-state index is 11.2. The van der Waals surface area contributed by atoms with E-state index in [0.717, 1.165) is 0 Å². The number of aromatic amines is 2. The van der Waals surface area contributed by atoms with Crippen LogP contribution in [-0.2, 0) is 0 Å². The molecule has 0 unspecified atom stereocenters. The molecule has 1 heterocycles. The lowest BCUT2D eigenvalue weighted by atomic mass is 10.3. The topological polar surface area (TPSA) is 81.2 Å². The highest BCUT2D eigenvalue weighted by Gasteiger charge is 2.03. The Morgan fingerprint density at radius 3 is 2.20 bits per heavy atom. The van der Waals surface area contributed by atoms with Gasteiger partial charge in [0.15, 0.2) is 0 Å². The minimum absolute atomic E-state index is 0.194. The number of hydrogen-bond acceptors (Lipinski definition) is 3. The number of nitrogens with one attached hydrogen (secondary N) is 2. The normalized spacial score (nSPS) is 12.3. The van der Waals surface area contributed by atoms with Crippen LogP contribution >= 0.6 is 23.2 Å². The zero-order valence-corrected chi connectivity index (χ0v) is 8.73. The van der Waals surface area contributed by atoms with Gasteiger partial charge in [0.25, 0.3) is 5.56 Å². The first-order chi connectivity index (χ1) is 7.11. The minimum Gasteiger partial charge on any atom is -0.409 e. The summed E-state index contributed by atoms with van der Waals surface area (Å²) in [5.41, 5.74) is 0.280. The third-order valence-corrected chi connectivity index (χ3v) is 2.60. The summed E-state index contributed by atoms with van der Waals surface area (Å²) in [6, 6.07) is 3.04. The molecule has 0 aliphatic heterocycles. The van der Waals surface area contributed by atoms with Crippen molar-refractivity contribution in [3.63, 3.8) is 0 Å². The van der Waals surface area contributed by atoms with Gasteiger partial charge in [-0.15, -0.1) is 0 Å². The summed E-state index contributed by atoms with van der Waals surface area (Å²) in [5.74, 6) is 0. The van der Waals surface area contributed by atoms with E-state index in [1.807, 2.05) is 0 Å². The van der Waals surface area contributed by atoms with Gasteiger partial charge in [-0.3, -0.25) is 4.79 Å². The standard InChI is InChI=1S/C8H5Cl2N3O2/c9-3-1-5-6(2-4(3)10)12-8(14)7(11-5)13-15/h1-2,15H,(H,11,13)(H,12,14). The first-order valence-corrected chi connectivity index (χ1v) is 4.67. The molecule has 78 valence electrons. The molecular weight excluding hydrogens is 241 g/mol. The molecule has 0 aliphatic rings. The lowest BCUT2D eigenvalue weighted by molar-refractivity contribution is 0.297. The first-order valence-electron chi connectivity index (χ1n) is 3.91. The summed E-state index contributed by atoms with van der Waals surface area (Å²) < 4.78 is 0. The summed E-state index contributed by atoms with van der Waals surface area (Å²) in [5, 5.41) is 12.0. The van der Waals surface area contributed by atoms with Gasteiger partial charge >= 0.3 is 0 Å². The van der Waals surface area contributed by atoms with E-state index in [4.69, 9.17) is 28.4 Å². The average molecular weight is 246 g/mol. The predicted octanol–water partition coefficient (Wildman–Crippen LogP) is 1.45. The highest BCUT2D eigenvalue weighted by Crippen LogP contribution is 2.24. The minimum atomic E-state index is -0.539. The third kappa shape index (κ3) is 1.71. The van der Waals surface area contributed by atoms with Crippen LogP contribution < -0.4 is 11.0 Å². The van der Waals surface area contributed by atoms with Crippen molar-refractivity contribution in [2.24, 2.45) is 5.16 Å². The van der Waals surface area contributed by atoms with Crippen molar-refractivity contribution in [3.8, 4) is 0 Å². The van der Waals surface area contributed by atoms with Gasteiger partial charge in [0.1, 0.15) is 0 Å². The Morgan fingerprint density at radius 1 is 1.13 bits per heavy atom. The van der Waals surface area contributed by atoms with Crippen molar-refractivity contribution in [1.29, 1.82) is 0 Å². The fourth-order valence-corrected chi connectivity index (χ4v) is 1.52. The summed E-state index contributed by atoms with van der Waals surface area (Å²) in [6.45, 7) is 0. The van der Waals surface area contributed by atoms with Crippen LogP contribution in [0, 0.1) is 0 Å². The molecule has 15 heavy (non-hydrogen) atoms. The smallest absolute Gasteiger partial charge is 0.294 e. The van der Waals surface area contributed by atoms with Gasteiger partial charge < -0.3 is 15.2 Å². The zero-order valence-electron chi connectivity index (χ0n) is 7.21. The van der Waals surface area contributed by atoms with Crippen LogP contribution in [0.5, 0.6) is 0 Å². The second-order valence-electron chi connectivity index (χ2n) is 2.84. The number of halogens is 2. The molecule has 0 bridgehead atoms. The Balaban J connectivity index is 2.95. The average Bonchev–Trinajstić information content (AvgIpc) is 2.20. The highest BCUT2D eigenvalue weighted by atomic mass is 35.5. The van der Waals surface area contributed by atoms with Gasteiger partial charge in [-0.05, 0) is 12.1 Å². The van der Waals surface area contributed by atoms with Crippen LogP contribution in [0.15, 0.2) is 22.1 Å². The van der Waals surface area contributed by atoms with E-state index in [2.05, 4.69) is 15.1 Å². The van der Waals surface area contributed by atoms with Gasteiger partial charge in [-0.1, -0.05) is 28.4 Å². The predicted molar refractivity (Wildman–Crippen MR) is 56.3 cm³/mol. The van der Waals surface area contributed by atoms with E-state index in [-0.39, 0.29) is 5.49 Å². The molecule has 0 atom stereocenters. The molecular formula is C8H5Cl2N3O2. The molecule has 3 N–H and O–H groups in total. The maximum Gasteiger partial charge on any atom is 0.294 e. The molecule has 2 rings (SSSR count). The van der Waals surface area contributed by atoms with E-state index < -0.39 is 5.56 Å². The van der Waals surface area contributed by atoms with Gasteiger partial charge in [-0.25, -0.2) is 0 Å². The Hall–Kier alpha value is -1.46. The third-order valence-electron chi connectivity index (χ3n) is 1.88. The largest absolute Gasteiger partial charge is 0.409 e. The lowest BCUT2D eigenvalue weighted by Gasteiger charge is -2.00. The molecule has 5 nitrogen and oxygen atoms in total. The molecule has 1 aromatic heterocycles. The SMILES string of the molecule is O=c1[nH]c2cc(Cl)c(Cl)cc2[nH]/c1=N\O. The monoisotopic (exact) mass is 245 g/mol. The van der Waals surface area contributed by atoms with Crippen LogP contribution in [0.3, 0.4) is 0 Å². The summed E-state index contributed by atoms with van der Waals surface area (Å²) in [4.78, 5) is 16.3. The van der Waals surface area contributed by atoms with Crippen molar-refractivity contribution in [2.75, 3.05) is 0 Å². The molecule has 0 spiro atoms. The van der Waals surface area contributed by atoms with Gasteiger partial charge in [0.2, 0.25) is 5.49 Å². The van der Waals surface area contributed by atoms with E-state index in [9.17, 15) is 4.79 Å². The van der Waals surface area contributed by atoms with E-state index in [0.29, 0.717) is 21.1 Å². The summed E-state index contributed by atoms with van der Waals surface area (Å²) in [7, 11) is 0. The number of nitrogens with zero attached hydrogens (tertiary/aromatic N) is 1. The van der Waals surface area contributed by atoms with Crippen LogP contribution in [0.4, 0.5) is 0 Å². The summed E-state index contributed by atoms with van der Waals surface area (Å²) in [6.07, 6.45) is 0. The van der Waals surface area contributed by atoms with Crippen molar-refractivity contribution in [1.82, 2.24) is 9.97 Å². The van der Waals surface area contributed by atoms with E-state index in [1.54, 1.807) is 0 Å². The molecule has 0 saturated carbocycles. The van der Waals surface area contributed by atoms with Crippen molar-refractivity contribution in [3.05, 3.63) is 38.0 Å². The lowest BCUT2D eigenvalue weighted by Crippen LogP contribution is -2.30. The Bertz CT molecular complexity index is 644. The zero-order chi connectivity index (χ0) is 11.0. The molecule has 0 saturated heterocycles. The van der Waals surface area contributed by atoms with Crippen LogP contribution in [0.2, 0.25) is 10.0 Å². The molecule has 0 aliphatic carbocycles. The summed E-state index contributed by atoms with van der Waals surface area (Å²) >= 11 is 11.6. The molecule has 0 fully saturated rings. The second-order valence-corrected chi connectivity index (χ2v) is 3.65. The molecule has 0 amide bonds. The Kier molecular flexibility index (Phi) is 2.42. The van der Waals surface area contributed by atoms with Crippen LogP contribution in [-0.4, -0.2) is 15.2 Å². The fourth-order valence-electron chi connectivity index (χ4n) is 1.19. The van der Waals surface area contributed by atoms with Crippen LogP contribution in [0.25, 0.3) is 11.0 Å². The number of benzene rings is 1. The number of rotatable bonds is 0. The van der Waals surface area contributed by atoms with Crippen LogP contribution in [0.1, 0.15) is 0 Å². The fraction of sp³-hybridized carbons (Fsp3) is 0.